The summed E-state index contributed by atoms with van der Waals surface area (Å²) in [5, 5.41) is 7.37. The summed E-state index contributed by atoms with van der Waals surface area (Å²) in [5.74, 6) is 1.78. The van der Waals surface area contributed by atoms with Crippen LogP contribution in [0.25, 0.3) is 0 Å². The minimum absolute atomic E-state index is 0.799. The Balaban J connectivity index is 1.88. The van der Waals surface area contributed by atoms with Crippen LogP contribution in [0.4, 0.5) is 0 Å². The zero-order chi connectivity index (χ0) is 16.1. The first-order chi connectivity index (χ1) is 10.5. The predicted octanol–water partition coefficient (Wildman–Crippen LogP) is 1.88. The monoisotopic (exact) mass is 303 g/mol. The minimum atomic E-state index is 0.799. The summed E-state index contributed by atoms with van der Waals surface area (Å²) in [4.78, 5) is 6.46. The lowest BCUT2D eigenvalue weighted by Gasteiger charge is -2.22. The zero-order valence-corrected chi connectivity index (χ0v) is 14.1. The lowest BCUT2D eigenvalue weighted by atomic mass is 10.1. The van der Waals surface area contributed by atoms with Gasteiger partial charge in [0.15, 0.2) is 5.96 Å². The quantitative estimate of drug-likeness (QED) is 0.677. The average molecular weight is 303 g/mol. The maximum atomic E-state index is 5.19. The van der Waals surface area contributed by atoms with Crippen molar-refractivity contribution in [1.82, 2.24) is 19.9 Å². The molecule has 0 atom stereocenters. The number of guanidine groups is 1. The molecule has 0 fully saturated rings. The summed E-state index contributed by atoms with van der Waals surface area (Å²) in [7, 11) is 5.90. The van der Waals surface area contributed by atoms with Crippen molar-refractivity contribution in [3.05, 3.63) is 41.0 Å². The highest BCUT2D eigenvalue weighted by Crippen LogP contribution is 2.12. The van der Waals surface area contributed by atoms with Crippen LogP contribution in [0.5, 0.6) is 0 Å². The van der Waals surface area contributed by atoms with E-state index in [-0.39, 0.29) is 0 Å². The van der Waals surface area contributed by atoms with Crippen molar-refractivity contribution in [2.24, 2.45) is 12.0 Å². The van der Waals surface area contributed by atoms with Gasteiger partial charge in [0.25, 0.3) is 0 Å². The molecular formula is C16H25N5O. The van der Waals surface area contributed by atoms with Crippen molar-refractivity contribution in [1.29, 1.82) is 0 Å². The Morgan fingerprint density at radius 1 is 1.45 bits per heavy atom. The second-order valence-electron chi connectivity index (χ2n) is 5.49. The molecule has 0 aliphatic carbocycles. The van der Waals surface area contributed by atoms with Gasteiger partial charge in [-0.15, -0.1) is 0 Å². The van der Waals surface area contributed by atoms with Gasteiger partial charge in [-0.25, -0.2) is 0 Å². The van der Waals surface area contributed by atoms with Crippen molar-refractivity contribution in [2.75, 3.05) is 20.6 Å². The summed E-state index contributed by atoms with van der Waals surface area (Å²) < 4.78 is 7.31. The van der Waals surface area contributed by atoms with Gasteiger partial charge in [-0.3, -0.25) is 4.99 Å². The SMILES string of the molecule is CN=C(NCCc1c(C)noc1C)N(C)Cc1cccn1C. The van der Waals surface area contributed by atoms with Gasteiger partial charge in [-0.05, 0) is 32.4 Å². The number of aryl methyl sites for hydroxylation is 3. The van der Waals surface area contributed by atoms with Crippen molar-refractivity contribution in [3.8, 4) is 0 Å². The normalized spacial score (nSPS) is 11.8. The van der Waals surface area contributed by atoms with Crippen LogP contribution in [0, 0.1) is 13.8 Å². The topological polar surface area (TPSA) is 58.6 Å². The first-order valence-electron chi connectivity index (χ1n) is 7.46. The van der Waals surface area contributed by atoms with E-state index >= 15 is 0 Å². The summed E-state index contributed by atoms with van der Waals surface area (Å²) >= 11 is 0. The maximum Gasteiger partial charge on any atom is 0.193 e. The molecule has 2 rings (SSSR count). The fraction of sp³-hybridized carbons (Fsp3) is 0.500. The van der Waals surface area contributed by atoms with Crippen LogP contribution < -0.4 is 5.32 Å². The molecule has 0 unspecified atom stereocenters. The molecular weight excluding hydrogens is 278 g/mol. The third-order valence-corrected chi connectivity index (χ3v) is 3.86. The first-order valence-corrected chi connectivity index (χ1v) is 7.46. The number of nitrogens with one attached hydrogen (secondary N) is 1. The van der Waals surface area contributed by atoms with Gasteiger partial charge in [0, 0.05) is 45.1 Å². The number of nitrogens with zero attached hydrogens (tertiary/aromatic N) is 4. The van der Waals surface area contributed by atoms with Crippen LogP contribution in [0.2, 0.25) is 0 Å². The standard InChI is InChI=1S/C16H25N5O/c1-12-15(13(2)22-19-12)8-9-18-16(17-3)21(5)11-14-7-6-10-20(14)4/h6-7,10H,8-9,11H2,1-5H3,(H,17,18). The van der Waals surface area contributed by atoms with Crippen molar-refractivity contribution >= 4 is 5.96 Å². The molecule has 6 heteroatoms. The van der Waals surface area contributed by atoms with E-state index < -0.39 is 0 Å². The minimum Gasteiger partial charge on any atom is -0.361 e. The molecule has 2 aromatic heterocycles. The second-order valence-corrected chi connectivity index (χ2v) is 5.49. The molecule has 22 heavy (non-hydrogen) atoms. The van der Waals surface area contributed by atoms with Gasteiger partial charge in [-0.1, -0.05) is 5.16 Å². The van der Waals surface area contributed by atoms with Gasteiger partial charge >= 0.3 is 0 Å². The highest BCUT2D eigenvalue weighted by atomic mass is 16.5. The molecule has 0 saturated heterocycles. The number of hydrogen-bond donors (Lipinski definition) is 1. The Kier molecular flexibility index (Phi) is 5.25. The smallest absolute Gasteiger partial charge is 0.193 e. The van der Waals surface area contributed by atoms with Crippen LogP contribution in [-0.2, 0) is 20.0 Å². The second kappa shape index (κ2) is 7.15. The predicted molar refractivity (Wildman–Crippen MR) is 87.9 cm³/mol. The molecule has 0 bridgehead atoms. The van der Waals surface area contributed by atoms with Crippen LogP contribution >= 0.6 is 0 Å². The number of aromatic nitrogens is 2. The zero-order valence-electron chi connectivity index (χ0n) is 14.1. The number of hydrogen-bond acceptors (Lipinski definition) is 3. The van der Waals surface area contributed by atoms with Crippen molar-refractivity contribution in [2.45, 2.75) is 26.8 Å². The fourth-order valence-corrected chi connectivity index (χ4v) is 2.52. The Labute approximate surface area is 131 Å². The molecule has 0 aliphatic heterocycles. The summed E-state index contributed by atoms with van der Waals surface area (Å²) in [5.41, 5.74) is 3.38. The molecule has 6 nitrogen and oxygen atoms in total. The molecule has 120 valence electrons. The lowest BCUT2D eigenvalue weighted by molar-refractivity contribution is 0.392. The van der Waals surface area contributed by atoms with Gasteiger partial charge in [0.05, 0.1) is 12.2 Å². The molecule has 2 aromatic rings. The van der Waals surface area contributed by atoms with Crippen LogP contribution in [0.3, 0.4) is 0 Å². The van der Waals surface area contributed by atoms with Crippen LogP contribution in [-0.4, -0.2) is 41.2 Å². The van der Waals surface area contributed by atoms with Gasteiger partial charge < -0.3 is 19.3 Å². The highest BCUT2D eigenvalue weighted by molar-refractivity contribution is 5.79. The average Bonchev–Trinajstić information content (AvgIpc) is 3.03. The van der Waals surface area contributed by atoms with E-state index in [9.17, 15) is 0 Å². The van der Waals surface area contributed by atoms with Gasteiger partial charge in [-0.2, -0.15) is 0 Å². The Morgan fingerprint density at radius 3 is 2.77 bits per heavy atom. The Morgan fingerprint density at radius 2 is 2.23 bits per heavy atom. The van der Waals surface area contributed by atoms with E-state index in [4.69, 9.17) is 4.52 Å². The molecule has 0 amide bonds. The van der Waals surface area contributed by atoms with E-state index in [0.29, 0.717) is 0 Å². The molecule has 1 N–H and O–H groups in total. The van der Waals surface area contributed by atoms with E-state index in [2.05, 4.69) is 50.3 Å². The molecule has 0 spiro atoms. The Bertz CT molecular complexity index is 621. The largest absolute Gasteiger partial charge is 0.361 e. The van der Waals surface area contributed by atoms with E-state index in [1.165, 1.54) is 11.3 Å². The molecule has 0 aliphatic rings. The summed E-state index contributed by atoms with van der Waals surface area (Å²) in [6.45, 7) is 5.54. The molecule has 2 heterocycles. The van der Waals surface area contributed by atoms with Crippen molar-refractivity contribution in [3.63, 3.8) is 0 Å². The lowest BCUT2D eigenvalue weighted by Crippen LogP contribution is -2.39. The Hall–Kier alpha value is -2.24. The van der Waals surface area contributed by atoms with Gasteiger partial charge in [0.1, 0.15) is 5.76 Å². The van der Waals surface area contributed by atoms with Gasteiger partial charge in [0.2, 0.25) is 0 Å². The number of aliphatic imine (C=N–C) groups is 1. The van der Waals surface area contributed by atoms with Crippen LogP contribution in [0.15, 0.2) is 27.8 Å². The third-order valence-electron chi connectivity index (χ3n) is 3.86. The van der Waals surface area contributed by atoms with Crippen molar-refractivity contribution < 1.29 is 4.52 Å². The van der Waals surface area contributed by atoms with E-state index in [1.54, 1.807) is 7.05 Å². The molecule has 0 saturated carbocycles. The number of rotatable bonds is 5. The first kappa shape index (κ1) is 16.1. The fourth-order valence-electron chi connectivity index (χ4n) is 2.52. The molecule has 0 aromatic carbocycles. The molecule has 0 radical (unpaired) electrons. The summed E-state index contributed by atoms with van der Waals surface area (Å²) in [6.07, 6.45) is 2.93. The van der Waals surface area contributed by atoms with E-state index in [1.807, 2.05) is 20.9 Å². The highest BCUT2D eigenvalue weighted by Gasteiger charge is 2.11. The maximum absolute atomic E-state index is 5.19. The van der Waals surface area contributed by atoms with Crippen LogP contribution in [0.1, 0.15) is 22.7 Å². The third kappa shape index (κ3) is 3.69. The van der Waals surface area contributed by atoms with E-state index in [0.717, 1.165) is 36.9 Å². The summed E-state index contributed by atoms with van der Waals surface area (Å²) in [6, 6.07) is 4.17.